The fourth-order valence-corrected chi connectivity index (χ4v) is 3.86. The Morgan fingerprint density at radius 1 is 0.645 bits per heavy atom. The SMILES string of the molecule is CCCCCCCCCCCCCCCOc1ccc(-c2ccc(C(=O)O)cc2)cc1. The van der Waals surface area contributed by atoms with Gasteiger partial charge in [-0.05, 0) is 41.8 Å². The zero-order valence-corrected chi connectivity index (χ0v) is 19.3. The molecule has 0 aromatic heterocycles. The third kappa shape index (κ3) is 10.5. The summed E-state index contributed by atoms with van der Waals surface area (Å²) in [5, 5.41) is 8.99. The van der Waals surface area contributed by atoms with E-state index in [1.165, 1.54) is 77.0 Å². The summed E-state index contributed by atoms with van der Waals surface area (Å²) in [5.74, 6) is -0.00620. The molecule has 0 fully saturated rings. The van der Waals surface area contributed by atoms with Crippen molar-refractivity contribution in [2.24, 2.45) is 0 Å². The van der Waals surface area contributed by atoms with Gasteiger partial charge in [0.1, 0.15) is 5.75 Å². The number of rotatable bonds is 17. The maximum Gasteiger partial charge on any atom is 0.335 e. The van der Waals surface area contributed by atoms with Gasteiger partial charge in [0, 0.05) is 0 Å². The van der Waals surface area contributed by atoms with Crippen molar-refractivity contribution in [2.75, 3.05) is 6.61 Å². The fourth-order valence-electron chi connectivity index (χ4n) is 3.86. The molecule has 0 amide bonds. The highest BCUT2D eigenvalue weighted by Crippen LogP contribution is 2.23. The number of aromatic carboxylic acids is 1. The lowest BCUT2D eigenvalue weighted by Crippen LogP contribution is -1.97. The van der Waals surface area contributed by atoms with Gasteiger partial charge in [0.25, 0.3) is 0 Å². The molecule has 2 aromatic rings. The number of ether oxygens (including phenoxy) is 1. The molecule has 1 N–H and O–H groups in total. The Kier molecular flexibility index (Phi) is 12.5. The molecule has 3 heteroatoms. The molecule has 0 atom stereocenters. The molecule has 2 rings (SSSR count). The Hall–Kier alpha value is -2.29. The molecule has 31 heavy (non-hydrogen) atoms. The number of hydrogen-bond acceptors (Lipinski definition) is 2. The first kappa shape index (κ1) is 25.0. The molecule has 0 saturated carbocycles. The topological polar surface area (TPSA) is 46.5 Å². The van der Waals surface area contributed by atoms with Crippen LogP contribution >= 0.6 is 0 Å². The van der Waals surface area contributed by atoms with Crippen LogP contribution in [0.25, 0.3) is 11.1 Å². The second-order valence-electron chi connectivity index (χ2n) is 8.50. The largest absolute Gasteiger partial charge is 0.494 e. The van der Waals surface area contributed by atoms with Crippen LogP contribution in [0, 0.1) is 0 Å². The number of unbranched alkanes of at least 4 members (excludes halogenated alkanes) is 12. The zero-order chi connectivity index (χ0) is 22.2. The lowest BCUT2D eigenvalue weighted by Gasteiger charge is -2.08. The van der Waals surface area contributed by atoms with Gasteiger partial charge >= 0.3 is 5.97 Å². The van der Waals surface area contributed by atoms with E-state index >= 15 is 0 Å². The summed E-state index contributed by atoms with van der Waals surface area (Å²) >= 11 is 0. The Morgan fingerprint density at radius 3 is 1.52 bits per heavy atom. The maximum absolute atomic E-state index is 11.0. The Labute approximate surface area is 188 Å². The standard InChI is InChI=1S/C28H40O3/c1-2-3-4-5-6-7-8-9-10-11-12-13-14-23-31-27-21-19-25(20-22-27)24-15-17-26(18-16-24)28(29)30/h15-22H,2-14,23H2,1H3,(H,29,30). The summed E-state index contributed by atoms with van der Waals surface area (Å²) in [6.45, 7) is 3.04. The zero-order valence-electron chi connectivity index (χ0n) is 19.3. The molecule has 0 saturated heterocycles. The first-order valence-corrected chi connectivity index (χ1v) is 12.3. The van der Waals surface area contributed by atoms with Gasteiger partial charge in [-0.3, -0.25) is 0 Å². The van der Waals surface area contributed by atoms with Crippen molar-refractivity contribution < 1.29 is 14.6 Å². The average Bonchev–Trinajstić information content (AvgIpc) is 2.80. The minimum Gasteiger partial charge on any atom is -0.494 e. The van der Waals surface area contributed by atoms with Crippen LogP contribution < -0.4 is 4.74 Å². The molecule has 0 spiro atoms. The molecule has 0 aliphatic heterocycles. The molecule has 2 aromatic carbocycles. The normalized spacial score (nSPS) is 10.9. The molecule has 0 heterocycles. The molecule has 3 nitrogen and oxygen atoms in total. The predicted molar refractivity (Wildman–Crippen MR) is 130 cm³/mol. The number of benzene rings is 2. The van der Waals surface area contributed by atoms with Gasteiger partial charge in [-0.25, -0.2) is 4.79 Å². The van der Waals surface area contributed by atoms with Crippen molar-refractivity contribution in [3.8, 4) is 16.9 Å². The van der Waals surface area contributed by atoms with Gasteiger partial charge in [0.05, 0.1) is 12.2 Å². The van der Waals surface area contributed by atoms with E-state index in [1.807, 2.05) is 36.4 Å². The summed E-state index contributed by atoms with van der Waals surface area (Å²) in [4.78, 5) is 11.0. The van der Waals surface area contributed by atoms with Crippen LogP contribution in [0.15, 0.2) is 48.5 Å². The highest BCUT2D eigenvalue weighted by molar-refractivity contribution is 5.88. The number of carbonyl (C=O) groups is 1. The van der Waals surface area contributed by atoms with E-state index in [0.717, 1.165) is 29.9 Å². The monoisotopic (exact) mass is 424 g/mol. The lowest BCUT2D eigenvalue weighted by atomic mass is 10.0. The maximum atomic E-state index is 11.0. The Balaban J connectivity index is 1.49. The molecule has 170 valence electrons. The Morgan fingerprint density at radius 2 is 1.06 bits per heavy atom. The van der Waals surface area contributed by atoms with Gasteiger partial charge in [-0.2, -0.15) is 0 Å². The van der Waals surface area contributed by atoms with Crippen molar-refractivity contribution in [3.05, 3.63) is 54.1 Å². The molecular formula is C28H40O3. The minimum atomic E-state index is -0.900. The molecular weight excluding hydrogens is 384 g/mol. The minimum absolute atomic E-state index is 0.307. The van der Waals surface area contributed by atoms with Crippen LogP contribution in [0.1, 0.15) is 101 Å². The van der Waals surface area contributed by atoms with Crippen LogP contribution in [0.4, 0.5) is 0 Å². The fraction of sp³-hybridized carbons (Fsp3) is 0.536. The van der Waals surface area contributed by atoms with Crippen molar-refractivity contribution >= 4 is 5.97 Å². The first-order valence-electron chi connectivity index (χ1n) is 12.3. The van der Waals surface area contributed by atoms with Gasteiger partial charge in [-0.1, -0.05) is 108 Å². The van der Waals surface area contributed by atoms with E-state index in [-0.39, 0.29) is 0 Å². The molecule has 0 unspecified atom stereocenters. The van der Waals surface area contributed by atoms with Crippen molar-refractivity contribution in [1.29, 1.82) is 0 Å². The van der Waals surface area contributed by atoms with E-state index in [0.29, 0.717) is 5.56 Å². The lowest BCUT2D eigenvalue weighted by molar-refractivity contribution is 0.0697. The number of carboxylic acids is 1. The molecule has 0 radical (unpaired) electrons. The van der Waals surface area contributed by atoms with Gasteiger partial charge in [0.2, 0.25) is 0 Å². The summed E-state index contributed by atoms with van der Waals surface area (Å²) in [6.07, 6.45) is 17.6. The average molecular weight is 425 g/mol. The van der Waals surface area contributed by atoms with Crippen LogP contribution in [0.5, 0.6) is 5.75 Å². The van der Waals surface area contributed by atoms with E-state index < -0.39 is 5.97 Å². The van der Waals surface area contributed by atoms with E-state index in [2.05, 4.69) is 6.92 Å². The summed E-state index contributed by atoms with van der Waals surface area (Å²) in [6, 6.07) is 15.0. The van der Waals surface area contributed by atoms with Crippen LogP contribution in [-0.4, -0.2) is 17.7 Å². The third-order valence-corrected chi connectivity index (χ3v) is 5.84. The van der Waals surface area contributed by atoms with E-state index in [1.54, 1.807) is 12.1 Å². The highest BCUT2D eigenvalue weighted by atomic mass is 16.5. The van der Waals surface area contributed by atoms with Crippen molar-refractivity contribution in [3.63, 3.8) is 0 Å². The summed E-state index contributed by atoms with van der Waals surface area (Å²) < 4.78 is 5.87. The van der Waals surface area contributed by atoms with Crippen molar-refractivity contribution in [2.45, 2.75) is 90.4 Å². The number of hydrogen-bond donors (Lipinski definition) is 1. The Bertz CT molecular complexity index is 719. The smallest absolute Gasteiger partial charge is 0.335 e. The summed E-state index contributed by atoms with van der Waals surface area (Å²) in [5.41, 5.74) is 2.37. The third-order valence-electron chi connectivity index (χ3n) is 5.84. The van der Waals surface area contributed by atoms with Gasteiger partial charge in [-0.15, -0.1) is 0 Å². The quantitative estimate of drug-likeness (QED) is 0.259. The second kappa shape index (κ2) is 15.5. The first-order chi connectivity index (χ1) is 15.2. The van der Waals surface area contributed by atoms with Gasteiger partial charge in [0.15, 0.2) is 0 Å². The molecule has 0 aliphatic rings. The number of carboxylic acid groups (broad SMARTS) is 1. The molecule has 0 aliphatic carbocycles. The summed E-state index contributed by atoms with van der Waals surface area (Å²) in [7, 11) is 0. The van der Waals surface area contributed by atoms with Gasteiger partial charge < -0.3 is 9.84 Å². The van der Waals surface area contributed by atoms with E-state index in [9.17, 15) is 4.79 Å². The van der Waals surface area contributed by atoms with Crippen LogP contribution in [-0.2, 0) is 0 Å². The van der Waals surface area contributed by atoms with Crippen LogP contribution in [0.3, 0.4) is 0 Å². The van der Waals surface area contributed by atoms with Crippen LogP contribution in [0.2, 0.25) is 0 Å². The second-order valence-corrected chi connectivity index (χ2v) is 8.50. The van der Waals surface area contributed by atoms with E-state index in [4.69, 9.17) is 9.84 Å². The molecule has 0 bridgehead atoms. The predicted octanol–water partition coefficient (Wildman–Crippen LogP) is 8.52. The van der Waals surface area contributed by atoms with Crippen molar-refractivity contribution in [1.82, 2.24) is 0 Å². The highest BCUT2D eigenvalue weighted by Gasteiger charge is 2.03.